The first-order valence-electron chi connectivity index (χ1n) is 4.04. The molecule has 0 aromatic heterocycles. The Bertz CT molecular complexity index is 104. The monoisotopic (exact) mass is 210 g/mol. The van der Waals surface area contributed by atoms with Gasteiger partial charge in [-0.25, -0.2) is 0 Å². The van der Waals surface area contributed by atoms with Gasteiger partial charge in [-0.2, -0.15) is 0 Å². The highest BCUT2D eigenvalue weighted by atomic mass is 31.0. The third-order valence-corrected chi connectivity index (χ3v) is 3.07. The van der Waals surface area contributed by atoms with E-state index in [4.69, 9.17) is 13.8 Å². The van der Waals surface area contributed by atoms with Gasteiger partial charge in [0.2, 0.25) is 0 Å². The summed E-state index contributed by atoms with van der Waals surface area (Å²) in [6.45, 7) is 0. The predicted molar refractivity (Wildman–Crippen MR) is 53.8 cm³/mol. The minimum atomic E-state index is 0.249. The third-order valence-electron chi connectivity index (χ3n) is 2.30. The topological polar surface area (TPSA) is 27.7 Å². The van der Waals surface area contributed by atoms with Crippen LogP contribution in [0, 0.1) is 0 Å². The molecule has 0 bridgehead atoms. The normalized spacial score (nSPS) is 36.8. The summed E-state index contributed by atoms with van der Waals surface area (Å²) in [6, 6.07) is 0. The van der Waals surface area contributed by atoms with Gasteiger partial charge in [-0.1, -0.05) is 0 Å². The van der Waals surface area contributed by atoms with Gasteiger partial charge >= 0.3 is 0 Å². The molecule has 0 saturated heterocycles. The second kappa shape index (κ2) is 5.47. The van der Waals surface area contributed by atoms with Crippen molar-refractivity contribution < 1.29 is 13.8 Å². The van der Waals surface area contributed by atoms with Crippen LogP contribution >= 0.6 is 18.9 Å². The van der Waals surface area contributed by atoms with Crippen LogP contribution < -0.4 is 0 Å². The molecule has 0 aromatic carbocycles. The lowest BCUT2D eigenvalue weighted by molar-refractivity contribution is -0.0168. The van der Waals surface area contributed by atoms with E-state index < -0.39 is 0 Å². The lowest BCUT2D eigenvalue weighted by Crippen LogP contribution is -2.34. The van der Waals surface area contributed by atoms with Crippen molar-refractivity contribution in [3.63, 3.8) is 0 Å². The van der Waals surface area contributed by atoms with Crippen molar-refractivity contribution in [1.29, 1.82) is 0 Å². The Morgan fingerprint density at radius 3 is 1.67 bits per heavy atom. The second-order valence-electron chi connectivity index (χ2n) is 3.08. The molecule has 0 heterocycles. The van der Waals surface area contributed by atoms with Crippen LogP contribution in [0.3, 0.4) is 0 Å². The van der Waals surface area contributed by atoms with Crippen molar-refractivity contribution >= 4 is 18.9 Å². The molecule has 0 N–H and O–H groups in total. The van der Waals surface area contributed by atoms with E-state index in [-0.39, 0.29) is 18.3 Å². The molecule has 1 aliphatic carbocycles. The molecule has 0 aliphatic heterocycles. The van der Waals surface area contributed by atoms with Gasteiger partial charge in [0.1, 0.15) is 0 Å². The average Bonchev–Trinajstić information content (AvgIpc) is 2.16. The SMILES string of the molecule is COC1CC(OP)CC(OP)C1. The van der Waals surface area contributed by atoms with Crippen LogP contribution in [0.4, 0.5) is 0 Å². The Balaban J connectivity index is 2.41. The number of rotatable bonds is 3. The van der Waals surface area contributed by atoms with E-state index in [2.05, 4.69) is 18.9 Å². The molecule has 72 valence electrons. The van der Waals surface area contributed by atoms with E-state index in [1.807, 2.05) is 0 Å². The predicted octanol–water partition coefficient (Wildman–Crippen LogP) is 1.54. The van der Waals surface area contributed by atoms with Crippen LogP contribution in [0.2, 0.25) is 0 Å². The van der Waals surface area contributed by atoms with Crippen molar-refractivity contribution in [2.75, 3.05) is 7.11 Å². The number of ether oxygens (including phenoxy) is 1. The van der Waals surface area contributed by atoms with Crippen LogP contribution in [-0.2, 0) is 13.8 Å². The van der Waals surface area contributed by atoms with Gasteiger partial charge in [0.05, 0.1) is 18.3 Å². The molecule has 0 radical (unpaired) electrons. The molecule has 1 rings (SSSR count). The van der Waals surface area contributed by atoms with Crippen molar-refractivity contribution in [1.82, 2.24) is 0 Å². The van der Waals surface area contributed by atoms with E-state index in [1.54, 1.807) is 7.11 Å². The maximum Gasteiger partial charge on any atom is 0.0660 e. The first-order valence-corrected chi connectivity index (χ1v) is 4.98. The fourth-order valence-electron chi connectivity index (χ4n) is 1.58. The highest BCUT2D eigenvalue weighted by Gasteiger charge is 2.28. The summed E-state index contributed by atoms with van der Waals surface area (Å²) in [6.07, 6.45) is 3.65. The Morgan fingerprint density at radius 1 is 0.917 bits per heavy atom. The summed E-state index contributed by atoms with van der Waals surface area (Å²) in [5, 5.41) is 0. The molecule has 4 unspecified atom stereocenters. The Labute approximate surface area is 78.1 Å². The Kier molecular flexibility index (Phi) is 4.93. The molecule has 0 spiro atoms. The molecule has 1 aliphatic rings. The van der Waals surface area contributed by atoms with E-state index >= 15 is 0 Å². The minimum absolute atomic E-state index is 0.249. The van der Waals surface area contributed by atoms with Gasteiger partial charge < -0.3 is 13.8 Å². The van der Waals surface area contributed by atoms with E-state index in [9.17, 15) is 0 Å². The largest absolute Gasteiger partial charge is 0.381 e. The maximum atomic E-state index is 5.28. The summed E-state index contributed by atoms with van der Waals surface area (Å²) >= 11 is 0. The molecule has 0 aromatic rings. The first-order chi connectivity index (χ1) is 5.80. The van der Waals surface area contributed by atoms with E-state index in [0.29, 0.717) is 0 Å². The zero-order chi connectivity index (χ0) is 8.97. The minimum Gasteiger partial charge on any atom is -0.381 e. The molecular formula is C7H16O3P2. The summed E-state index contributed by atoms with van der Waals surface area (Å²) in [5.74, 6) is 0. The average molecular weight is 210 g/mol. The third kappa shape index (κ3) is 2.90. The highest BCUT2D eigenvalue weighted by molar-refractivity contribution is 7.10. The molecule has 0 amide bonds. The van der Waals surface area contributed by atoms with Crippen LogP contribution in [0.5, 0.6) is 0 Å². The second-order valence-corrected chi connectivity index (χ2v) is 3.63. The Morgan fingerprint density at radius 2 is 1.33 bits per heavy atom. The summed E-state index contributed by atoms with van der Waals surface area (Å²) < 4.78 is 15.7. The van der Waals surface area contributed by atoms with Crippen LogP contribution in [0.15, 0.2) is 0 Å². The van der Waals surface area contributed by atoms with E-state index in [1.165, 1.54) is 0 Å². The Hall–Kier alpha value is 0.740. The van der Waals surface area contributed by atoms with Crippen molar-refractivity contribution in [2.45, 2.75) is 37.6 Å². The van der Waals surface area contributed by atoms with Gasteiger partial charge in [-0.15, -0.1) is 0 Å². The summed E-state index contributed by atoms with van der Waals surface area (Å²) in [7, 11) is 6.34. The molecule has 4 atom stereocenters. The van der Waals surface area contributed by atoms with Crippen LogP contribution in [-0.4, -0.2) is 25.4 Å². The standard InChI is InChI=1S/C7H16O3P2/c1-8-5-2-6(9-11)4-7(3-5)10-12/h5-7H,2-4,11-12H2,1H3. The van der Waals surface area contributed by atoms with Crippen LogP contribution in [0.1, 0.15) is 19.3 Å². The zero-order valence-corrected chi connectivity index (χ0v) is 9.54. The molecule has 1 saturated carbocycles. The van der Waals surface area contributed by atoms with Gasteiger partial charge in [0.15, 0.2) is 0 Å². The van der Waals surface area contributed by atoms with E-state index in [0.717, 1.165) is 19.3 Å². The highest BCUT2D eigenvalue weighted by Crippen LogP contribution is 2.27. The van der Waals surface area contributed by atoms with Gasteiger partial charge in [0, 0.05) is 45.3 Å². The lowest BCUT2D eigenvalue weighted by Gasteiger charge is -2.32. The fraction of sp³-hybridized carbons (Fsp3) is 1.00. The first kappa shape index (κ1) is 10.8. The number of hydrogen-bond donors (Lipinski definition) is 0. The van der Waals surface area contributed by atoms with Gasteiger partial charge in [-0.3, -0.25) is 0 Å². The molecule has 12 heavy (non-hydrogen) atoms. The number of hydrogen-bond acceptors (Lipinski definition) is 3. The molecule has 5 heteroatoms. The van der Waals surface area contributed by atoms with Gasteiger partial charge in [0.25, 0.3) is 0 Å². The molecule has 3 nitrogen and oxygen atoms in total. The van der Waals surface area contributed by atoms with Crippen LogP contribution in [0.25, 0.3) is 0 Å². The fourth-order valence-corrected chi connectivity index (χ4v) is 2.03. The van der Waals surface area contributed by atoms with Crippen molar-refractivity contribution in [3.8, 4) is 0 Å². The molecule has 1 fully saturated rings. The molecular weight excluding hydrogens is 194 g/mol. The maximum absolute atomic E-state index is 5.28. The summed E-state index contributed by atoms with van der Waals surface area (Å²) in [4.78, 5) is 0. The number of methoxy groups -OCH3 is 1. The quantitative estimate of drug-likeness (QED) is 0.661. The lowest BCUT2D eigenvalue weighted by atomic mass is 9.93. The van der Waals surface area contributed by atoms with Crippen molar-refractivity contribution in [2.24, 2.45) is 0 Å². The zero-order valence-electron chi connectivity index (χ0n) is 7.23. The van der Waals surface area contributed by atoms with Crippen molar-refractivity contribution in [3.05, 3.63) is 0 Å². The van der Waals surface area contributed by atoms with Gasteiger partial charge in [-0.05, 0) is 0 Å². The smallest absolute Gasteiger partial charge is 0.0660 e. The summed E-state index contributed by atoms with van der Waals surface area (Å²) in [5.41, 5.74) is 0.